The maximum absolute atomic E-state index is 13.9. The predicted molar refractivity (Wildman–Crippen MR) is 109 cm³/mol. The third-order valence-electron chi connectivity index (χ3n) is 6.28. The van der Waals surface area contributed by atoms with Crippen molar-refractivity contribution >= 4 is 5.91 Å². The molecule has 5 nitrogen and oxygen atoms in total. The molecule has 0 aliphatic carbocycles. The number of nitrogens with one attached hydrogen (secondary N) is 1. The normalized spacial score (nSPS) is 21.2. The lowest BCUT2D eigenvalue weighted by molar-refractivity contribution is 0.0645. The van der Waals surface area contributed by atoms with Crippen LogP contribution in [-0.2, 0) is 13.6 Å². The number of benzene rings is 2. The number of piperidine rings is 1. The second-order valence-corrected chi connectivity index (χ2v) is 7.99. The zero-order valence-electron chi connectivity index (χ0n) is 16.6. The molecule has 0 spiro atoms. The van der Waals surface area contributed by atoms with Crippen molar-refractivity contribution in [1.29, 1.82) is 0 Å². The largest absolute Gasteiger partial charge is 0.329 e. The highest BCUT2D eigenvalue weighted by molar-refractivity contribution is 5.99. The Balaban J connectivity index is 1.46. The fourth-order valence-electron chi connectivity index (χ4n) is 4.73. The van der Waals surface area contributed by atoms with E-state index in [4.69, 9.17) is 0 Å². The number of aromatic nitrogens is 2. The van der Waals surface area contributed by atoms with Crippen molar-refractivity contribution in [2.24, 2.45) is 7.05 Å². The Bertz CT molecular complexity index is 1130. The Morgan fingerprint density at radius 3 is 2.73 bits per heavy atom. The molecule has 0 saturated carbocycles. The molecule has 2 atom stereocenters. The SMILES string of the molecule is Cn1nccc1-c1ccc2c(c1)CN([C@@H]1CNCC[C@H]1c1ccc(F)c(F)c1)C2=O. The minimum absolute atomic E-state index is 0.0113. The minimum Gasteiger partial charge on any atom is -0.329 e. The molecule has 1 fully saturated rings. The van der Waals surface area contributed by atoms with Crippen molar-refractivity contribution in [2.75, 3.05) is 13.1 Å². The molecular weight excluding hydrogens is 386 g/mol. The quantitative estimate of drug-likeness (QED) is 0.722. The fourth-order valence-corrected chi connectivity index (χ4v) is 4.73. The van der Waals surface area contributed by atoms with Gasteiger partial charge in [0.25, 0.3) is 5.91 Å². The zero-order valence-corrected chi connectivity index (χ0v) is 16.6. The summed E-state index contributed by atoms with van der Waals surface area (Å²) in [6, 6.07) is 11.8. The molecule has 1 aromatic heterocycles. The van der Waals surface area contributed by atoms with E-state index >= 15 is 0 Å². The Morgan fingerprint density at radius 2 is 1.97 bits per heavy atom. The van der Waals surface area contributed by atoms with Crippen molar-refractivity contribution in [1.82, 2.24) is 20.0 Å². The van der Waals surface area contributed by atoms with Gasteiger partial charge in [-0.3, -0.25) is 9.48 Å². The third-order valence-corrected chi connectivity index (χ3v) is 6.28. The van der Waals surface area contributed by atoms with Gasteiger partial charge in [0, 0.05) is 43.4 Å². The summed E-state index contributed by atoms with van der Waals surface area (Å²) in [6.07, 6.45) is 2.51. The van der Waals surface area contributed by atoms with Gasteiger partial charge in [0.2, 0.25) is 0 Å². The van der Waals surface area contributed by atoms with Crippen LogP contribution in [0, 0.1) is 11.6 Å². The van der Waals surface area contributed by atoms with Crippen LogP contribution in [0.25, 0.3) is 11.3 Å². The molecule has 30 heavy (non-hydrogen) atoms. The van der Waals surface area contributed by atoms with Gasteiger partial charge in [-0.15, -0.1) is 0 Å². The number of carbonyl (C=O) groups excluding carboxylic acids is 1. The molecule has 2 aromatic carbocycles. The van der Waals surface area contributed by atoms with Crippen LogP contribution < -0.4 is 5.32 Å². The van der Waals surface area contributed by atoms with Crippen molar-refractivity contribution in [2.45, 2.75) is 24.9 Å². The lowest BCUT2D eigenvalue weighted by Crippen LogP contribution is -2.50. The molecule has 154 valence electrons. The van der Waals surface area contributed by atoms with E-state index in [1.54, 1.807) is 16.9 Å². The summed E-state index contributed by atoms with van der Waals surface area (Å²) in [5.74, 6) is -1.75. The van der Waals surface area contributed by atoms with E-state index in [1.165, 1.54) is 12.1 Å². The number of hydrogen-bond donors (Lipinski definition) is 1. The molecule has 0 radical (unpaired) electrons. The van der Waals surface area contributed by atoms with Gasteiger partial charge in [-0.2, -0.15) is 5.10 Å². The summed E-state index contributed by atoms with van der Waals surface area (Å²) in [5.41, 5.74) is 4.42. The average molecular weight is 408 g/mol. The lowest BCUT2D eigenvalue weighted by atomic mass is 9.85. The molecule has 5 rings (SSSR count). The van der Waals surface area contributed by atoms with Crippen LogP contribution in [0.3, 0.4) is 0 Å². The van der Waals surface area contributed by atoms with E-state index in [0.717, 1.165) is 35.3 Å². The van der Waals surface area contributed by atoms with Crippen LogP contribution in [0.1, 0.15) is 33.8 Å². The van der Waals surface area contributed by atoms with Crippen LogP contribution in [0.15, 0.2) is 48.7 Å². The summed E-state index contributed by atoms with van der Waals surface area (Å²) in [5, 5.41) is 7.57. The number of halogens is 2. The van der Waals surface area contributed by atoms with E-state index < -0.39 is 11.6 Å². The second-order valence-electron chi connectivity index (χ2n) is 7.99. The van der Waals surface area contributed by atoms with Crippen molar-refractivity contribution in [3.63, 3.8) is 0 Å². The topological polar surface area (TPSA) is 50.2 Å². The van der Waals surface area contributed by atoms with Gasteiger partial charge in [0.15, 0.2) is 11.6 Å². The van der Waals surface area contributed by atoms with E-state index in [2.05, 4.69) is 10.4 Å². The van der Waals surface area contributed by atoms with E-state index in [9.17, 15) is 13.6 Å². The molecular formula is C23H22F2N4O. The predicted octanol–water partition coefficient (Wildman–Crippen LogP) is 3.47. The molecule has 3 aromatic rings. The maximum atomic E-state index is 13.9. The van der Waals surface area contributed by atoms with Crippen molar-refractivity contribution < 1.29 is 13.6 Å². The zero-order chi connectivity index (χ0) is 20.8. The molecule has 7 heteroatoms. The Hall–Kier alpha value is -3.06. The Labute approximate surface area is 173 Å². The van der Waals surface area contributed by atoms with Gasteiger partial charge >= 0.3 is 0 Å². The number of amides is 1. The van der Waals surface area contributed by atoms with Crippen LogP contribution in [-0.4, -0.2) is 39.7 Å². The fraction of sp³-hybridized carbons (Fsp3) is 0.304. The third kappa shape index (κ3) is 3.10. The second kappa shape index (κ2) is 7.32. The first-order valence-corrected chi connectivity index (χ1v) is 10.1. The first-order chi connectivity index (χ1) is 14.5. The summed E-state index contributed by atoms with van der Waals surface area (Å²) in [7, 11) is 1.89. The number of nitrogens with zero attached hydrogens (tertiary/aromatic N) is 3. The van der Waals surface area contributed by atoms with Crippen molar-refractivity contribution in [3.05, 3.63) is 77.0 Å². The summed E-state index contributed by atoms with van der Waals surface area (Å²) in [4.78, 5) is 15.1. The number of rotatable bonds is 3. The summed E-state index contributed by atoms with van der Waals surface area (Å²) in [6.45, 7) is 1.91. The highest BCUT2D eigenvalue weighted by Crippen LogP contribution is 2.36. The van der Waals surface area contributed by atoms with Gasteiger partial charge < -0.3 is 10.2 Å². The minimum atomic E-state index is -0.850. The summed E-state index contributed by atoms with van der Waals surface area (Å²) >= 11 is 0. The van der Waals surface area contributed by atoms with Gasteiger partial charge in [0.1, 0.15) is 0 Å². The molecule has 1 N–H and O–H groups in total. The number of fused-ring (bicyclic) bond motifs is 1. The van der Waals surface area contributed by atoms with Gasteiger partial charge in [0.05, 0.1) is 11.7 Å². The summed E-state index contributed by atoms with van der Waals surface area (Å²) < 4.78 is 29.1. The van der Waals surface area contributed by atoms with Crippen LogP contribution >= 0.6 is 0 Å². The van der Waals surface area contributed by atoms with Crippen LogP contribution in [0.2, 0.25) is 0 Å². The monoisotopic (exact) mass is 408 g/mol. The first-order valence-electron chi connectivity index (χ1n) is 10.1. The lowest BCUT2D eigenvalue weighted by Gasteiger charge is -2.38. The van der Waals surface area contributed by atoms with Crippen LogP contribution in [0.5, 0.6) is 0 Å². The molecule has 2 aliphatic heterocycles. The van der Waals surface area contributed by atoms with Gasteiger partial charge in [-0.05, 0) is 54.4 Å². The number of carbonyl (C=O) groups is 1. The van der Waals surface area contributed by atoms with E-state index in [-0.39, 0.29) is 17.9 Å². The maximum Gasteiger partial charge on any atom is 0.254 e. The van der Waals surface area contributed by atoms with E-state index in [0.29, 0.717) is 18.7 Å². The smallest absolute Gasteiger partial charge is 0.254 e. The standard InChI is InChI=1S/C23H22F2N4O/c1-28-21(7-9-27-28)15-2-4-18-16(10-15)13-29(23(18)30)22-12-26-8-6-17(22)14-3-5-19(24)20(25)11-14/h2-5,7,9-11,17,22,26H,6,8,12-13H2,1H3/t17-,22+/m0/s1. The van der Waals surface area contributed by atoms with Crippen molar-refractivity contribution in [3.8, 4) is 11.3 Å². The molecule has 0 unspecified atom stereocenters. The van der Waals surface area contributed by atoms with E-state index in [1.807, 2.05) is 36.2 Å². The average Bonchev–Trinajstić information content (AvgIpc) is 3.33. The molecule has 1 saturated heterocycles. The molecule has 0 bridgehead atoms. The Kier molecular flexibility index (Phi) is 4.62. The molecule has 1 amide bonds. The highest BCUT2D eigenvalue weighted by Gasteiger charge is 2.38. The number of aryl methyl sites for hydroxylation is 1. The number of hydrogen-bond acceptors (Lipinski definition) is 3. The van der Waals surface area contributed by atoms with Crippen LogP contribution in [0.4, 0.5) is 8.78 Å². The first kappa shape index (κ1) is 18.9. The van der Waals surface area contributed by atoms with Gasteiger partial charge in [-0.25, -0.2) is 8.78 Å². The van der Waals surface area contributed by atoms with Gasteiger partial charge in [-0.1, -0.05) is 12.1 Å². The highest BCUT2D eigenvalue weighted by atomic mass is 19.2. The molecule has 2 aliphatic rings. The Morgan fingerprint density at radius 1 is 1.10 bits per heavy atom. The molecule has 3 heterocycles.